The highest BCUT2D eigenvalue weighted by Gasteiger charge is 2.40. The average Bonchev–Trinajstić information content (AvgIpc) is 2.29. The second-order valence-electron chi connectivity index (χ2n) is 6.07. The molecule has 0 aromatic rings. The van der Waals surface area contributed by atoms with Gasteiger partial charge in [0.1, 0.15) is 6.29 Å². The van der Waals surface area contributed by atoms with Gasteiger partial charge in [-0.3, -0.25) is 0 Å². The van der Waals surface area contributed by atoms with Crippen LogP contribution >= 0.6 is 0 Å². The molecule has 0 aromatic carbocycles. The van der Waals surface area contributed by atoms with Gasteiger partial charge in [0.15, 0.2) is 0 Å². The molecular formula is C11H22OSi. The topological polar surface area (TPSA) is 17.1 Å². The molecule has 0 bridgehead atoms. The summed E-state index contributed by atoms with van der Waals surface area (Å²) < 4.78 is 0. The van der Waals surface area contributed by atoms with E-state index in [1.54, 1.807) is 0 Å². The fourth-order valence-electron chi connectivity index (χ4n) is 2.80. The Bertz CT molecular complexity index is 195. The van der Waals surface area contributed by atoms with Gasteiger partial charge in [0, 0.05) is 13.5 Å². The van der Waals surface area contributed by atoms with Gasteiger partial charge in [-0.25, -0.2) is 0 Å². The molecule has 0 N–H and O–H groups in total. The van der Waals surface area contributed by atoms with Crippen LogP contribution in [-0.4, -0.2) is 14.4 Å². The summed E-state index contributed by atoms with van der Waals surface area (Å²) >= 11 is 0. The van der Waals surface area contributed by atoms with E-state index in [1.807, 2.05) is 0 Å². The van der Waals surface area contributed by atoms with Crippen molar-refractivity contribution in [2.45, 2.75) is 51.9 Å². The predicted molar refractivity (Wildman–Crippen MR) is 59.7 cm³/mol. The second-order valence-corrected chi connectivity index (χ2v) is 11.5. The molecule has 1 aliphatic rings. The summed E-state index contributed by atoms with van der Waals surface area (Å²) in [5.41, 5.74) is 0.0733. The highest BCUT2D eigenvalue weighted by molar-refractivity contribution is 6.76. The first-order valence-corrected chi connectivity index (χ1v) is 9.04. The maximum atomic E-state index is 11.2. The summed E-state index contributed by atoms with van der Waals surface area (Å²) in [5.74, 6) is 0.765. The van der Waals surface area contributed by atoms with Crippen LogP contribution in [-0.2, 0) is 4.79 Å². The quantitative estimate of drug-likeness (QED) is 0.502. The lowest BCUT2D eigenvalue weighted by Gasteiger charge is -2.29. The van der Waals surface area contributed by atoms with Gasteiger partial charge in [-0.2, -0.15) is 0 Å². The molecule has 0 aliphatic heterocycles. The van der Waals surface area contributed by atoms with E-state index in [0.29, 0.717) is 0 Å². The third-order valence-electron chi connectivity index (χ3n) is 3.02. The van der Waals surface area contributed by atoms with E-state index >= 15 is 0 Å². The summed E-state index contributed by atoms with van der Waals surface area (Å²) in [6.45, 7) is 9.36. The van der Waals surface area contributed by atoms with E-state index < -0.39 is 8.07 Å². The molecule has 0 amide bonds. The molecule has 76 valence electrons. The monoisotopic (exact) mass is 198 g/mol. The number of aldehydes is 1. The maximum Gasteiger partial charge on any atom is 0.125 e. The van der Waals surface area contributed by atoms with E-state index in [9.17, 15) is 4.79 Å². The smallest absolute Gasteiger partial charge is 0.125 e. The Kier molecular flexibility index (Phi) is 3.00. The Morgan fingerprint density at radius 1 is 1.46 bits per heavy atom. The first-order chi connectivity index (χ1) is 5.87. The molecule has 1 nitrogen and oxygen atoms in total. The molecule has 2 unspecified atom stereocenters. The van der Waals surface area contributed by atoms with Crippen LogP contribution in [0.3, 0.4) is 0 Å². The molecule has 0 heterocycles. The van der Waals surface area contributed by atoms with E-state index in [2.05, 4.69) is 26.6 Å². The molecule has 13 heavy (non-hydrogen) atoms. The van der Waals surface area contributed by atoms with E-state index in [0.717, 1.165) is 18.8 Å². The van der Waals surface area contributed by atoms with Crippen molar-refractivity contribution in [3.63, 3.8) is 0 Å². The van der Waals surface area contributed by atoms with Crippen LogP contribution in [0.4, 0.5) is 0 Å². The molecule has 1 saturated carbocycles. The normalized spacial score (nSPS) is 34.9. The maximum absolute atomic E-state index is 11.2. The zero-order chi connectivity index (χ0) is 10.1. The van der Waals surface area contributed by atoms with Gasteiger partial charge in [-0.15, -0.1) is 0 Å². The van der Waals surface area contributed by atoms with Gasteiger partial charge in [0.2, 0.25) is 0 Å². The van der Waals surface area contributed by atoms with Crippen molar-refractivity contribution < 1.29 is 4.79 Å². The number of hydrogen-bond donors (Lipinski definition) is 0. The summed E-state index contributed by atoms with van der Waals surface area (Å²) in [7, 11) is -1.08. The van der Waals surface area contributed by atoms with Crippen LogP contribution in [0.25, 0.3) is 0 Å². The van der Waals surface area contributed by atoms with Crippen LogP contribution in [0.15, 0.2) is 0 Å². The van der Waals surface area contributed by atoms with E-state index in [-0.39, 0.29) is 5.41 Å². The van der Waals surface area contributed by atoms with Crippen molar-refractivity contribution in [1.82, 2.24) is 0 Å². The van der Waals surface area contributed by atoms with Crippen LogP contribution in [0.2, 0.25) is 25.7 Å². The van der Waals surface area contributed by atoms with Gasteiger partial charge in [0.25, 0.3) is 0 Å². The lowest BCUT2D eigenvalue weighted by atomic mass is 9.89. The van der Waals surface area contributed by atoms with Crippen molar-refractivity contribution in [3.05, 3.63) is 0 Å². The standard InChI is InChI=1S/C11H22OSi/c1-10-5-6-11(7-10,8-12)9-13(2,3)4/h8,10H,5-7,9H2,1-4H3. The zero-order valence-electron chi connectivity index (χ0n) is 9.39. The van der Waals surface area contributed by atoms with Gasteiger partial charge in [-0.1, -0.05) is 26.6 Å². The Labute approximate surface area is 82.9 Å². The Balaban J connectivity index is 2.66. The number of carbonyl (C=O) groups excluding carboxylic acids is 1. The molecule has 2 heteroatoms. The SMILES string of the molecule is CC1CCC(C=O)(C[Si](C)(C)C)C1. The summed E-state index contributed by atoms with van der Waals surface area (Å²) in [4.78, 5) is 11.2. The highest BCUT2D eigenvalue weighted by atomic mass is 28.3. The minimum absolute atomic E-state index is 0.0733. The van der Waals surface area contributed by atoms with Gasteiger partial charge < -0.3 is 4.79 Å². The van der Waals surface area contributed by atoms with Crippen molar-refractivity contribution in [1.29, 1.82) is 0 Å². The van der Waals surface area contributed by atoms with Crippen LogP contribution in [0.5, 0.6) is 0 Å². The number of hydrogen-bond acceptors (Lipinski definition) is 1. The molecule has 1 fully saturated rings. The summed E-state index contributed by atoms with van der Waals surface area (Å²) in [6.07, 6.45) is 4.79. The minimum atomic E-state index is -1.08. The molecule has 1 aliphatic carbocycles. The highest BCUT2D eigenvalue weighted by Crippen LogP contribution is 2.45. The molecule has 0 radical (unpaired) electrons. The van der Waals surface area contributed by atoms with E-state index in [1.165, 1.54) is 18.8 Å². The predicted octanol–water partition coefficient (Wildman–Crippen LogP) is 3.33. The molecule has 0 spiro atoms. The second kappa shape index (κ2) is 3.56. The Morgan fingerprint density at radius 3 is 2.38 bits per heavy atom. The molecule has 0 saturated heterocycles. The minimum Gasteiger partial charge on any atom is -0.303 e. The molecular weight excluding hydrogens is 176 g/mol. The summed E-state index contributed by atoms with van der Waals surface area (Å²) in [6, 6.07) is 1.19. The fourth-order valence-corrected chi connectivity index (χ4v) is 5.31. The first kappa shape index (κ1) is 11.0. The zero-order valence-corrected chi connectivity index (χ0v) is 10.4. The van der Waals surface area contributed by atoms with Crippen molar-refractivity contribution >= 4 is 14.4 Å². The fraction of sp³-hybridized carbons (Fsp3) is 0.909. The lowest BCUT2D eigenvalue weighted by molar-refractivity contribution is -0.115. The van der Waals surface area contributed by atoms with Crippen molar-refractivity contribution in [3.8, 4) is 0 Å². The largest absolute Gasteiger partial charge is 0.303 e. The Hall–Kier alpha value is -0.113. The van der Waals surface area contributed by atoms with E-state index in [4.69, 9.17) is 0 Å². The van der Waals surface area contributed by atoms with Crippen molar-refractivity contribution in [2.24, 2.45) is 11.3 Å². The van der Waals surface area contributed by atoms with Gasteiger partial charge in [-0.05, 0) is 31.2 Å². The molecule has 0 aromatic heterocycles. The third kappa shape index (κ3) is 2.94. The van der Waals surface area contributed by atoms with Crippen molar-refractivity contribution in [2.75, 3.05) is 0 Å². The van der Waals surface area contributed by atoms with Gasteiger partial charge in [0.05, 0.1) is 0 Å². The molecule has 2 atom stereocenters. The summed E-state index contributed by atoms with van der Waals surface area (Å²) in [5, 5.41) is 0. The molecule has 1 rings (SSSR count). The van der Waals surface area contributed by atoms with Crippen LogP contribution in [0, 0.1) is 11.3 Å². The number of rotatable bonds is 3. The third-order valence-corrected chi connectivity index (χ3v) is 4.79. The van der Waals surface area contributed by atoms with Crippen LogP contribution < -0.4 is 0 Å². The Morgan fingerprint density at radius 2 is 2.08 bits per heavy atom. The van der Waals surface area contributed by atoms with Crippen LogP contribution in [0.1, 0.15) is 26.2 Å². The van der Waals surface area contributed by atoms with Gasteiger partial charge >= 0.3 is 0 Å². The average molecular weight is 198 g/mol. The lowest BCUT2D eigenvalue weighted by Crippen LogP contribution is -2.32. The number of carbonyl (C=O) groups is 1. The first-order valence-electron chi connectivity index (χ1n) is 5.33.